The molecule has 0 radical (unpaired) electrons. The minimum Gasteiger partial charge on any atom is -0.490 e. The first-order chi connectivity index (χ1) is 6.80. The number of rotatable bonds is 4. The van der Waals surface area contributed by atoms with Crippen LogP contribution < -0.4 is 4.74 Å². The summed E-state index contributed by atoms with van der Waals surface area (Å²) in [7, 11) is 0. The van der Waals surface area contributed by atoms with Crippen LogP contribution in [0.2, 0.25) is 0 Å². The van der Waals surface area contributed by atoms with Gasteiger partial charge in [0.05, 0.1) is 17.7 Å². The molecule has 0 aliphatic carbocycles. The maximum absolute atomic E-state index is 8.61. The molecule has 0 fully saturated rings. The standard InChI is InChI=1S/C12H15NO/c1-3-11(4-2)14-12-7-5-10(9-13)6-8-12/h5-8,11H,3-4H2,1-2H3. The number of ether oxygens (including phenoxy) is 1. The summed E-state index contributed by atoms with van der Waals surface area (Å²) in [6, 6.07) is 9.32. The summed E-state index contributed by atoms with van der Waals surface area (Å²) in [5.41, 5.74) is 0.668. The van der Waals surface area contributed by atoms with Crippen LogP contribution in [-0.2, 0) is 0 Å². The van der Waals surface area contributed by atoms with E-state index in [1.807, 2.05) is 12.1 Å². The Labute approximate surface area is 85.1 Å². The fourth-order valence-corrected chi connectivity index (χ4v) is 1.26. The van der Waals surface area contributed by atoms with Crippen molar-refractivity contribution in [2.45, 2.75) is 32.8 Å². The summed E-state index contributed by atoms with van der Waals surface area (Å²) in [4.78, 5) is 0. The lowest BCUT2D eigenvalue weighted by molar-refractivity contribution is 0.193. The van der Waals surface area contributed by atoms with Crippen LogP contribution in [0.25, 0.3) is 0 Å². The molecule has 2 nitrogen and oxygen atoms in total. The zero-order valence-corrected chi connectivity index (χ0v) is 8.66. The average Bonchev–Trinajstić information content (AvgIpc) is 2.26. The lowest BCUT2D eigenvalue weighted by Gasteiger charge is -2.15. The maximum atomic E-state index is 8.61. The Kier molecular flexibility index (Phi) is 4.00. The monoisotopic (exact) mass is 189 g/mol. The minimum absolute atomic E-state index is 0.280. The van der Waals surface area contributed by atoms with Crippen molar-refractivity contribution in [1.29, 1.82) is 5.26 Å². The minimum atomic E-state index is 0.280. The van der Waals surface area contributed by atoms with Gasteiger partial charge >= 0.3 is 0 Å². The molecule has 0 unspecified atom stereocenters. The summed E-state index contributed by atoms with van der Waals surface area (Å²) >= 11 is 0. The number of nitriles is 1. The number of hydrogen-bond acceptors (Lipinski definition) is 2. The van der Waals surface area contributed by atoms with Gasteiger partial charge in [-0.15, -0.1) is 0 Å². The first-order valence-corrected chi connectivity index (χ1v) is 4.97. The largest absolute Gasteiger partial charge is 0.490 e. The quantitative estimate of drug-likeness (QED) is 0.729. The molecule has 1 aromatic carbocycles. The van der Waals surface area contributed by atoms with Crippen molar-refractivity contribution >= 4 is 0 Å². The van der Waals surface area contributed by atoms with Gasteiger partial charge in [0.2, 0.25) is 0 Å². The second-order valence-corrected chi connectivity index (χ2v) is 3.19. The highest BCUT2D eigenvalue weighted by Crippen LogP contribution is 2.15. The molecule has 0 spiro atoms. The van der Waals surface area contributed by atoms with E-state index in [4.69, 9.17) is 10.00 Å². The van der Waals surface area contributed by atoms with Crippen LogP contribution in [0.4, 0.5) is 0 Å². The third-order valence-corrected chi connectivity index (χ3v) is 2.20. The normalized spacial score (nSPS) is 9.86. The van der Waals surface area contributed by atoms with Gasteiger partial charge in [-0.3, -0.25) is 0 Å². The van der Waals surface area contributed by atoms with Crippen LogP contribution in [-0.4, -0.2) is 6.10 Å². The van der Waals surface area contributed by atoms with Gasteiger partial charge in [-0.25, -0.2) is 0 Å². The molecule has 14 heavy (non-hydrogen) atoms. The third-order valence-electron chi connectivity index (χ3n) is 2.20. The summed E-state index contributed by atoms with van der Waals surface area (Å²) < 4.78 is 5.70. The molecule has 0 aliphatic heterocycles. The fourth-order valence-electron chi connectivity index (χ4n) is 1.26. The van der Waals surface area contributed by atoms with Gasteiger partial charge in [-0.2, -0.15) is 5.26 Å². The van der Waals surface area contributed by atoms with Crippen molar-refractivity contribution < 1.29 is 4.74 Å². The highest BCUT2D eigenvalue weighted by Gasteiger charge is 2.04. The van der Waals surface area contributed by atoms with Crippen molar-refractivity contribution in [2.75, 3.05) is 0 Å². The Hall–Kier alpha value is -1.49. The van der Waals surface area contributed by atoms with Crippen molar-refractivity contribution in [3.8, 4) is 11.8 Å². The lowest BCUT2D eigenvalue weighted by Crippen LogP contribution is -2.13. The van der Waals surface area contributed by atoms with Gasteiger partial charge in [0.25, 0.3) is 0 Å². The van der Waals surface area contributed by atoms with Crippen molar-refractivity contribution in [3.05, 3.63) is 29.8 Å². The second kappa shape index (κ2) is 5.29. The van der Waals surface area contributed by atoms with E-state index in [1.165, 1.54) is 0 Å². The fraction of sp³-hybridized carbons (Fsp3) is 0.417. The SMILES string of the molecule is CCC(CC)Oc1ccc(C#N)cc1. The lowest BCUT2D eigenvalue weighted by atomic mass is 10.2. The van der Waals surface area contributed by atoms with E-state index in [2.05, 4.69) is 19.9 Å². The van der Waals surface area contributed by atoms with Gasteiger partial charge in [0, 0.05) is 0 Å². The molecule has 2 heteroatoms. The highest BCUT2D eigenvalue weighted by molar-refractivity contribution is 5.34. The summed E-state index contributed by atoms with van der Waals surface area (Å²) in [6.07, 6.45) is 2.30. The van der Waals surface area contributed by atoms with Crippen LogP contribution in [0.5, 0.6) is 5.75 Å². The number of nitrogens with zero attached hydrogens (tertiary/aromatic N) is 1. The molecule has 0 N–H and O–H groups in total. The molecular formula is C12H15NO. The first kappa shape index (κ1) is 10.6. The van der Waals surface area contributed by atoms with Gasteiger partial charge < -0.3 is 4.74 Å². The molecule has 74 valence electrons. The Bertz CT molecular complexity index is 306. The summed E-state index contributed by atoms with van der Waals surface area (Å²) in [6.45, 7) is 4.22. The molecule has 0 heterocycles. The molecule has 1 rings (SSSR count). The van der Waals surface area contributed by atoms with Crippen LogP contribution in [0.1, 0.15) is 32.3 Å². The van der Waals surface area contributed by atoms with E-state index in [9.17, 15) is 0 Å². The maximum Gasteiger partial charge on any atom is 0.119 e. The van der Waals surface area contributed by atoms with Crippen molar-refractivity contribution in [1.82, 2.24) is 0 Å². The molecule has 0 amide bonds. The van der Waals surface area contributed by atoms with E-state index < -0.39 is 0 Å². The molecule has 0 atom stereocenters. The van der Waals surface area contributed by atoms with Crippen LogP contribution in [0.3, 0.4) is 0 Å². The average molecular weight is 189 g/mol. The molecule has 0 aliphatic rings. The van der Waals surface area contributed by atoms with Crippen molar-refractivity contribution in [3.63, 3.8) is 0 Å². The van der Waals surface area contributed by atoms with Crippen molar-refractivity contribution in [2.24, 2.45) is 0 Å². The summed E-state index contributed by atoms with van der Waals surface area (Å²) in [5.74, 6) is 0.845. The predicted octanol–water partition coefficient (Wildman–Crippen LogP) is 3.13. The number of benzene rings is 1. The van der Waals surface area contributed by atoms with E-state index in [0.717, 1.165) is 18.6 Å². The Morgan fingerprint density at radius 2 is 1.79 bits per heavy atom. The van der Waals surface area contributed by atoms with E-state index in [0.29, 0.717) is 5.56 Å². The molecule has 0 aromatic heterocycles. The smallest absolute Gasteiger partial charge is 0.119 e. The topological polar surface area (TPSA) is 33.0 Å². The predicted molar refractivity (Wildman–Crippen MR) is 56.2 cm³/mol. The zero-order valence-electron chi connectivity index (χ0n) is 8.66. The molecule has 0 bridgehead atoms. The summed E-state index contributed by atoms with van der Waals surface area (Å²) in [5, 5.41) is 8.61. The highest BCUT2D eigenvalue weighted by atomic mass is 16.5. The Balaban J connectivity index is 2.64. The first-order valence-electron chi connectivity index (χ1n) is 4.97. The molecule has 0 saturated heterocycles. The van der Waals surface area contributed by atoms with E-state index in [1.54, 1.807) is 12.1 Å². The van der Waals surface area contributed by atoms with E-state index >= 15 is 0 Å². The van der Waals surface area contributed by atoms with Crippen LogP contribution in [0.15, 0.2) is 24.3 Å². The zero-order chi connectivity index (χ0) is 10.4. The van der Waals surface area contributed by atoms with Gasteiger partial charge in [-0.05, 0) is 37.1 Å². The van der Waals surface area contributed by atoms with Gasteiger partial charge in [-0.1, -0.05) is 13.8 Å². The third kappa shape index (κ3) is 2.77. The second-order valence-electron chi connectivity index (χ2n) is 3.19. The Morgan fingerprint density at radius 1 is 1.21 bits per heavy atom. The van der Waals surface area contributed by atoms with Gasteiger partial charge in [0.1, 0.15) is 5.75 Å². The Morgan fingerprint density at radius 3 is 2.21 bits per heavy atom. The van der Waals surface area contributed by atoms with E-state index in [-0.39, 0.29) is 6.10 Å². The van der Waals surface area contributed by atoms with Crippen LogP contribution in [0, 0.1) is 11.3 Å². The molecular weight excluding hydrogens is 174 g/mol. The van der Waals surface area contributed by atoms with Gasteiger partial charge in [0.15, 0.2) is 0 Å². The molecule has 1 aromatic rings. The number of hydrogen-bond donors (Lipinski definition) is 0. The van der Waals surface area contributed by atoms with Crippen LogP contribution >= 0.6 is 0 Å². The molecule has 0 saturated carbocycles.